The van der Waals surface area contributed by atoms with Crippen molar-refractivity contribution in [3.63, 3.8) is 0 Å². The van der Waals surface area contributed by atoms with Crippen LogP contribution in [0.5, 0.6) is 0 Å². The minimum atomic E-state index is -1.37. The maximum Gasteiger partial charge on any atom is 0.517 e. The predicted molar refractivity (Wildman–Crippen MR) is 50.1 cm³/mol. The average molecular weight is 214 g/mol. The van der Waals surface area contributed by atoms with Crippen LogP contribution in [0.2, 0.25) is 0 Å². The van der Waals surface area contributed by atoms with Crippen LogP contribution in [0.1, 0.15) is 33.1 Å². The molecule has 0 N–H and O–H groups in total. The number of hydrogen-bond donors (Lipinski definition) is 0. The molecule has 1 aliphatic rings. The summed E-state index contributed by atoms with van der Waals surface area (Å²) in [5.41, 5.74) is -1.37. The number of carbonyl (C=O) groups excluding carboxylic acids is 3. The molecule has 1 rings (SSSR count). The number of aldehydes is 1. The third kappa shape index (κ3) is 2.55. The lowest BCUT2D eigenvalue weighted by atomic mass is 9.91. The van der Waals surface area contributed by atoms with E-state index in [1.54, 1.807) is 0 Å². The van der Waals surface area contributed by atoms with E-state index in [1.807, 2.05) is 13.8 Å². The summed E-state index contributed by atoms with van der Waals surface area (Å²) in [5.74, 6) is -0.388. The summed E-state index contributed by atoms with van der Waals surface area (Å²) >= 11 is 0. The lowest BCUT2D eigenvalue weighted by molar-refractivity contribution is -0.145. The SMILES string of the molecule is CC(C)CCC1(CC=O)OC(=O)OC1=O. The first-order valence-electron chi connectivity index (χ1n) is 4.89. The van der Waals surface area contributed by atoms with Crippen molar-refractivity contribution in [2.45, 2.75) is 38.7 Å². The Morgan fingerprint density at radius 1 is 1.40 bits per heavy atom. The first-order valence-corrected chi connectivity index (χ1v) is 4.89. The molecule has 0 bridgehead atoms. The Kier molecular flexibility index (Phi) is 3.44. The van der Waals surface area contributed by atoms with Crippen LogP contribution in [-0.4, -0.2) is 24.0 Å². The number of esters is 1. The Morgan fingerprint density at radius 2 is 2.07 bits per heavy atom. The summed E-state index contributed by atoms with van der Waals surface area (Å²) in [6.45, 7) is 3.97. The zero-order valence-electron chi connectivity index (χ0n) is 8.82. The molecular formula is C10H14O5. The molecule has 5 heteroatoms. The normalized spacial score (nSPS) is 25.3. The summed E-state index contributed by atoms with van der Waals surface area (Å²) in [7, 11) is 0. The summed E-state index contributed by atoms with van der Waals surface area (Å²) in [6.07, 6.45) is 0.444. The molecular weight excluding hydrogens is 200 g/mol. The fourth-order valence-electron chi connectivity index (χ4n) is 1.43. The van der Waals surface area contributed by atoms with E-state index in [2.05, 4.69) is 4.74 Å². The summed E-state index contributed by atoms with van der Waals surface area (Å²) in [6, 6.07) is 0. The van der Waals surface area contributed by atoms with E-state index in [4.69, 9.17) is 4.74 Å². The molecule has 0 aromatic heterocycles. The molecule has 0 aliphatic carbocycles. The molecule has 1 unspecified atom stereocenters. The molecule has 0 amide bonds. The maximum atomic E-state index is 11.4. The van der Waals surface area contributed by atoms with E-state index in [1.165, 1.54) is 0 Å². The van der Waals surface area contributed by atoms with Gasteiger partial charge in [-0.3, -0.25) is 0 Å². The van der Waals surface area contributed by atoms with Crippen molar-refractivity contribution in [1.29, 1.82) is 0 Å². The minimum absolute atomic E-state index is 0.135. The molecule has 84 valence electrons. The van der Waals surface area contributed by atoms with Gasteiger partial charge < -0.3 is 14.3 Å². The quantitative estimate of drug-likeness (QED) is 0.393. The van der Waals surface area contributed by atoms with Crippen LogP contribution in [0, 0.1) is 5.92 Å². The second-order valence-electron chi connectivity index (χ2n) is 4.04. The highest BCUT2D eigenvalue weighted by atomic mass is 16.8. The molecule has 0 spiro atoms. The van der Waals surface area contributed by atoms with Crippen LogP contribution in [0.25, 0.3) is 0 Å². The van der Waals surface area contributed by atoms with Gasteiger partial charge in [-0.1, -0.05) is 13.8 Å². The van der Waals surface area contributed by atoms with Crippen molar-refractivity contribution in [3.05, 3.63) is 0 Å². The Morgan fingerprint density at radius 3 is 2.47 bits per heavy atom. The van der Waals surface area contributed by atoms with Crippen LogP contribution < -0.4 is 0 Å². The first-order chi connectivity index (χ1) is 7.00. The molecule has 1 fully saturated rings. The number of hydrogen-bond acceptors (Lipinski definition) is 5. The van der Waals surface area contributed by atoms with E-state index >= 15 is 0 Å². The van der Waals surface area contributed by atoms with Crippen molar-refractivity contribution in [2.24, 2.45) is 5.92 Å². The summed E-state index contributed by atoms with van der Waals surface area (Å²) in [4.78, 5) is 32.7. The molecule has 5 nitrogen and oxygen atoms in total. The zero-order chi connectivity index (χ0) is 11.5. The van der Waals surface area contributed by atoms with E-state index < -0.39 is 17.7 Å². The molecule has 1 saturated heterocycles. The minimum Gasteiger partial charge on any atom is -0.415 e. The van der Waals surface area contributed by atoms with Gasteiger partial charge in [-0.15, -0.1) is 0 Å². The van der Waals surface area contributed by atoms with Gasteiger partial charge >= 0.3 is 12.1 Å². The lowest BCUT2D eigenvalue weighted by Crippen LogP contribution is -2.37. The fourth-order valence-corrected chi connectivity index (χ4v) is 1.43. The average Bonchev–Trinajstić information content (AvgIpc) is 2.40. The Hall–Kier alpha value is -1.39. The van der Waals surface area contributed by atoms with Gasteiger partial charge in [-0.05, 0) is 18.8 Å². The highest BCUT2D eigenvalue weighted by Gasteiger charge is 2.50. The van der Waals surface area contributed by atoms with Crippen LogP contribution in [-0.2, 0) is 19.1 Å². The second-order valence-corrected chi connectivity index (χ2v) is 4.04. The van der Waals surface area contributed by atoms with E-state index in [-0.39, 0.29) is 6.42 Å². The Balaban J connectivity index is 2.74. The second kappa shape index (κ2) is 4.42. The Bertz CT molecular complexity index is 284. The number of cyclic esters (lactones) is 3. The van der Waals surface area contributed by atoms with E-state index in [9.17, 15) is 14.4 Å². The van der Waals surface area contributed by atoms with Gasteiger partial charge in [0.1, 0.15) is 6.29 Å². The zero-order valence-corrected chi connectivity index (χ0v) is 8.82. The van der Waals surface area contributed by atoms with Gasteiger partial charge in [-0.25, -0.2) is 9.59 Å². The topological polar surface area (TPSA) is 69.7 Å². The van der Waals surface area contributed by atoms with Crippen LogP contribution in [0.15, 0.2) is 0 Å². The molecule has 1 aliphatic heterocycles. The third-order valence-electron chi connectivity index (χ3n) is 2.37. The van der Waals surface area contributed by atoms with Crippen LogP contribution >= 0.6 is 0 Å². The predicted octanol–water partition coefficient (Wildman–Crippen LogP) is 1.44. The van der Waals surface area contributed by atoms with Crippen molar-refractivity contribution >= 4 is 18.4 Å². The van der Waals surface area contributed by atoms with Crippen LogP contribution in [0.4, 0.5) is 4.79 Å². The van der Waals surface area contributed by atoms with Crippen molar-refractivity contribution < 1.29 is 23.9 Å². The monoisotopic (exact) mass is 214 g/mol. The first kappa shape index (κ1) is 11.7. The maximum absolute atomic E-state index is 11.4. The van der Waals surface area contributed by atoms with E-state index in [0.29, 0.717) is 25.0 Å². The highest BCUT2D eigenvalue weighted by Crippen LogP contribution is 2.31. The molecule has 1 atom stereocenters. The van der Waals surface area contributed by atoms with Gasteiger partial charge in [0.2, 0.25) is 5.60 Å². The fraction of sp³-hybridized carbons (Fsp3) is 0.700. The van der Waals surface area contributed by atoms with Gasteiger partial charge in [0.15, 0.2) is 0 Å². The molecule has 0 radical (unpaired) electrons. The number of ether oxygens (including phenoxy) is 2. The Labute approximate surface area is 87.7 Å². The largest absolute Gasteiger partial charge is 0.517 e. The molecule has 15 heavy (non-hydrogen) atoms. The van der Waals surface area contributed by atoms with E-state index in [0.717, 1.165) is 0 Å². The summed E-state index contributed by atoms with van der Waals surface area (Å²) in [5, 5.41) is 0. The molecule has 0 aromatic carbocycles. The summed E-state index contributed by atoms with van der Waals surface area (Å²) < 4.78 is 9.11. The van der Waals surface area contributed by atoms with Crippen LogP contribution in [0.3, 0.4) is 0 Å². The van der Waals surface area contributed by atoms with Crippen molar-refractivity contribution in [3.8, 4) is 0 Å². The number of rotatable bonds is 5. The van der Waals surface area contributed by atoms with Crippen molar-refractivity contribution in [1.82, 2.24) is 0 Å². The number of carbonyl (C=O) groups is 3. The van der Waals surface area contributed by atoms with Gasteiger partial charge in [0.25, 0.3) is 0 Å². The molecule has 0 saturated carbocycles. The van der Waals surface area contributed by atoms with Gasteiger partial charge in [-0.2, -0.15) is 0 Å². The third-order valence-corrected chi connectivity index (χ3v) is 2.37. The smallest absolute Gasteiger partial charge is 0.415 e. The highest BCUT2D eigenvalue weighted by molar-refractivity contribution is 5.95. The molecule has 1 heterocycles. The van der Waals surface area contributed by atoms with Gasteiger partial charge in [0.05, 0.1) is 6.42 Å². The lowest BCUT2D eigenvalue weighted by Gasteiger charge is -2.20. The molecule has 0 aromatic rings. The van der Waals surface area contributed by atoms with Gasteiger partial charge in [0, 0.05) is 0 Å². The standard InChI is InChI=1S/C10H14O5/c1-7(2)3-4-10(5-6-11)8(12)14-9(13)15-10/h6-7H,3-5H2,1-2H3. The van der Waals surface area contributed by atoms with Crippen molar-refractivity contribution in [2.75, 3.05) is 0 Å².